The molecule has 22 heavy (non-hydrogen) atoms. The van der Waals surface area contributed by atoms with Crippen LogP contribution in [-0.2, 0) is 0 Å². The summed E-state index contributed by atoms with van der Waals surface area (Å²) in [7, 11) is 0. The van der Waals surface area contributed by atoms with Gasteiger partial charge >= 0.3 is 0 Å². The van der Waals surface area contributed by atoms with Gasteiger partial charge in [0.1, 0.15) is 11.6 Å². The van der Waals surface area contributed by atoms with E-state index in [2.05, 4.69) is 20.9 Å². The maximum Gasteiger partial charge on any atom is 0.231 e. The van der Waals surface area contributed by atoms with Gasteiger partial charge in [-0.3, -0.25) is 4.98 Å². The predicted octanol–water partition coefficient (Wildman–Crippen LogP) is 2.64. The van der Waals surface area contributed by atoms with Crippen LogP contribution in [0.1, 0.15) is 18.4 Å². The number of hydrogen-bond acceptors (Lipinski definition) is 5. The Kier molecular flexibility index (Phi) is 4.50. The molecule has 0 bridgehead atoms. The molecule has 0 unspecified atom stereocenters. The SMILES string of the molecule is N#Cc1cccnc1OCC1CCN(c2ccncc2)CC1. The van der Waals surface area contributed by atoms with Gasteiger partial charge in [0.05, 0.1) is 6.61 Å². The first-order valence-corrected chi connectivity index (χ1v) is 7.49. The number of anilines is 1. The van der Waals surface area contributed by atoms with Crippen molar-refractivity contribution in [2.75, 3.05) is 24.6 Å². The van der Waals surface area contributed by atoms with E-state index < -0.39 is 0 Å². The number of nitriles is 1. The summed E-state index contributed by atoms with van der Waals surface area (Å²) >= 11 is 0. The van der Waals surface area contributed by atoms with E-state index in [9.17, 15) is 0 Å². The topological polar surface area (TPSA) is 62.0 Å². The van der Waals surface area contributed by atoms with Crippen molar-refractivity contribution < 1.29 is 4.74 Å². The van der Waals surface area contributed by atoms with Gasteiger partial charge < -0.3 is 9.64 Å². The summed E-state index contributed by atoms with van der Waals surface area (Å²) in [5.74, 6) is 0.952. The Morgan fingerprint density at radius 3 is 2.68 bits per heavy atom. The van der Waals surface area contributed by atoms with Crippen molar-refractivity contribution in [1.29, 1.82) is 5.26 Å². The zero-order chi connectivity index (χ0) is 15.2. The molecule has 1 saturated heterocycles. The molecule has 0 aliphatic carbocycles. The van der Waals surface area contributed by atoms with Crippen molar-refractivity contribution >= 4 is 5.69 Å². The number of rotatable bonds is 4. The molecule has 0 saturated carbocycles. The average Bonchev–Trinajstić information content (AvgIpc) is 2.61. The maximum atomic E-state index is 9.03. The van der Waals surface area contributed by atoms with E-state index in [4.69, 9.17) is 10.00 Å². The Labute approximate surface area is 130 Å². The lowest BCUT2D eigenvalue weighted by molar-refractivity contribution is 0.215. The van der Waals surface area contributed by atoms with Gasteiger partial charge in [0.15, 0.2) is 0 Å². The largest absolute Gasteiger partial charge is 0.476 e. The third-order valence-electron chi connectivity index (χ3n) is 3.99. The highest BCUT2D eigenvalue weighted by Crippen LogP contribution is 2.23. The van der Waals surface area contributed by atoms with E-state index in [0.717, 1.165) is 25.9 Å². The highest BCUT2D eigenvalue weighted by molar-refractivity contribution is 5.44. The van der Waals surface area contributed by atoms with Crippen molar-refractivity contribution in [2.45, 2.75) is 12.8 Å². The van der Waals surface area contributed by atoms with Crippen LogP contribution in [-0.4, -0.2) is 29.7 Å². The minimum absolute atomic E-state index is 0.446. The van der Waals surface area contributed by atoms with Gasteiger partial charge in [0.2, 0.25) is 5.88 Å². The van der Waals surface area contributed by atoms with Crippen LogP contribution >= 0.6 is 0 Å². The lowest BCUT2D eigenvalue weighted by Crippen LogP contribution is -2.35. The summed E-state index contributed by atoms with van der Waals surface area (Å²) in [5.41, 5.74) is 1.72. The second-order valence-electron chi connectivity index (χ2n) is 5.41. The number of nitrogens with zero attached hydrogens (tertiary/aromatic N) is 4. The first kappa shape index (κ1) is 14.3. The average molecular weight is 294 g/mol. The van der Waals surface area contributed by atoms with Crippen LogP contribution in [0.4, 0.5) is 5.69 Å². The molecule has 2 aromatic rings. The minimum Gasteiger partial charge on any atom is -0.476 e. The van der Waals surface area contributed by atoms with Crippen LogP contribution in [0.25, 0.3) is 0 Å². The van der Waals surface area contributed by atoms with E-state index in [1.807, 2.05) is 24.5 Å². The molecule has 3 heterocycles. The molecular formula is C17H18N4O. The van der Waals surface area contributed by atoms with Gasteiger partial charge in [-0.25, -0.2) is 4.98 Å². The van der Waals surface area contributed by atoms with Crippen LogP contribution < -0.4 is 9.64 Å². The Morgan fingerprint density at radius 1 is 1.18 bits per heavy atom. The Bertz CT molecular complexity index is 645. The normalized spacial score (nSPS) is 15.3. The van der Waals surface area contributed by atoms with E-state index in [1.54, 1.807) is 18.3 Å². The fourth-order valence-electron chi connectivity index (χ4n) is 2.70. The molecule has 3 rings (SSSR count). The molecule has 5 heteroatoms. The number of pyridine rings is 2. The van der Waals surface area contributed by atoms with Crippen molar-refractivity contribution in [2.24, 2.45) is 5.92 Å². The fourth-order valence-corrected chi connectivity index (χ4v) is 2.70. The molecule has 1 fully saturated rings. The third kappa shape index (κ3) is 3.34. The number of aromatic nitrogens is 2. The van der Waals surface area contributed by atoms with E-state index in [1.165, 1.54) is 5.69 Å². The third-order valence-corrected chi connectivity index (χ3v) is 3.99. The molecule has 0 radical (unpaired) electrons. The summed E-state index contributed by atoms with van der Waals surface area (Å²) < 4.78 is 5.75. The number of hydrogen-bond donors (Lipinski definition) is 0. The molecule has 2 aromatic heterocycles. The Balaban J connectivity index is 1.51. The summed E-state index contributed by atoms with van der Waals surface area (Å²) in [6, 6.07) is 9.68. The zero-order valence-corrected chi connectivity index (χ0v) is 12.4. The molecule has 112 valence electrons. The highest BCUT2D eigenvalue weighted by atomic mass is 16.5. The molecule has 0 amide bonds. The smallest absolute Gasteiger partial charge is 0.231 e. The van der Waals surface area contributed by atoms with Gasteiger partial charge in [-0.05, 0) is 43.0 Å². The summed E-state index contributed by atoms with van der Waals surface area (Å²) in [4.78, 5) is 10.6. The number of piperidine rings is 1. The van der Waals surface area contributed by atoms with E-state index >= 15 is 0 Å². The molecule has 0 atom stereocenters. The van der Waals surface area contributed by atoms with Gasteiger partial charge in [0, 0.05) is 37.4 Å². The molecule has 0 N–H and O–H groups in total. The molecule has 0 aromatic carbocycles. The monoisotopic (exact) mass is 294 g/mol. The second-order valence-corrected chi connectivity index (χ2v) is 5.41. The van der Waals surface area contributed by atoms with E-state index in [0.29, 0.717) is 24.0 Å². The summed E-state index contributed by atoms with van der Waals surface area (Å²) in [5, 5.41) is 9.03. The van der Waals surface area contributed by atoms with Crippen LogP contribution in [0, 0.1) is 17.2 Å². The standard InChI is InChI=1S/C17H18N4O/c18-12-15-2-1-7-20-17(15)22-13-14-5-10-21(11-6-14)16-3-8-19-9-4-16/h1-4,7-9,14H,5-6,10-11,13H2. The van der Waals surface area contributed by atoms with Crippen molar-refractivity contribution in [3.05, 3.63) is 48.4 Å². The van der Waals surface area contributed by atoms with Gasteiger partial charge in [-0.1, -0.05) is 0 Å². The number of ether oxygens (including phenoxy) is 1. The fraction of sp³-hybridized carbons (Fsp3) is 0.353. The molecule has 0 spiro atoms. The second kappa shape index (κ2) is 6.90. The van der Waals surface area contributed by atoms with Crippen molar-refractivity contribution in [3.8, 4) is 11.9 Å². The summed E-state index contributed by atoms with van der Waals surface area (Å²) in [6.07, 6.45) is 7.47. The van der Waals surface area contributed by atoms with Crippen LogP contribution in [0.3, 0.4) is 0 Å². The molecular weight excluding hydrogens is 276 g/mol. The maximum absolute atomic E-state index is 9.03. The summed E-state index contributed by atoms with van der Waals surface area (Å²) in [6.45, 7) is 2.66. The predicted molar refractivity (Wildman–Crippen MR) is 83.6 cm³/mol. The first-order valence-electron chi connectivity index (χ1n) is 7.49. The lowest BCUT2D eigenvalue weighted by atomic mass is 9.97. The van der Waals surface area contributed by atoms with Gasteiger partial charge in [0.25, 0.3) is 0 Å². The molecule has 1 aliphatic rings. The van der Waals surface area contributed by atoms with Gasteiger partial charge in [-0.15, -0.1) is 0 Å². The van der Waals surface area contributed by atoms with Crippen LogP contribution in [0.15, 0.2) is 42.9 Å². The molecule has 5 nitrogen and oxygen atoms in total. The lowest BCUT2D eigenvalue weighted by Gasteiger charge is -2.33. The van der Waals surface area contributed by atoms with Crippen LogP contribution in [0.2, 0.25) is 0 Å². The van der Waals surface area contributed by atoms with Crippen molar-refractivity contribution in [1.82, 2.24) is 9.97 Å². The Hall–Kier alpha value is -2.61. The first-order chi connectivity index (χ1) is 10.9. The van der Waals surface area contributed by atoms with Crippen LogP contribution in [0.5, 0.6) is 5.88 Å². The highest BCUT2D eigenvalue weighted by Gasteiger charge is 2.20. The zero-order valence-electron chi connectivity index (χ0n) is 12.4. The quantitative estimate of drug-likeness (QED) is 0.867. The van der Waals surface area contributed by atoms with Gasteiger partial charge in [-0.2, -0.15) is 5.26 Å². The molecule has 1 aliphatic heterocycles. The Morgan fingerprint density at radius 2 is 1.95 bits per heavy atom. The minimum atomic E-state index is 0.446. The van der Waals surface area contributed by atoms with Crippen molar-refractivity contribution in [3.63, 3.8) is 0 Å². The van der Waals surface area contributed by atoms with E-state index in [-0.39, 0.29) is 0 Å².